The summed E-state index contributed by atoms with van der Waals surface area (Å²) >= 11 is 1.42. The summed E-state index contributed by atoms with van der Waals surface area (Å²) < 4.78 is 13.9. The first-order valence-electron chi connectivity index (χ1n) is 9.85. The highest BCUT2D eigenvalue weighted by molar-refractivity contribution is 7.13. The standard InChI is InChI=1S/C24H19N3O3S/c1-29-18-13-11-17(12-14-18)22-25-26-23(30-22)20(15-16-7-3-2-4-8-16)27-24(28)19-9-5-6-10-21(19)31-27/h2-14,20H,15H2,1H3/t20-/m0/s1. The van der Waals surface area contributed by atoms with Crippen LogP contribution in [0.2, 0.25) is 0 Å². The van der Waals surface area contributed by atoms with Gasteiger partial charge in [-0.3, -0.25) is 8.75 Å². The highest BCUT2D eigenvalue weighted by atomic mass is 32.1. The highest BCUT2D eigenvalue weighted by Crippen LogP contribution is 2.29. The number of hydrogen-bond donors (Lipinski definition) is 0. The van der Waals surface area contributed by atoms with E-state index < -0.39 is 6.04 Å². The number of fused-ring (bicyclic) bond motifs is 1. The van der Waals surface area contributed by atoms with Crippen molar-refractivity contribution in [1.29, 1.82) is 0 Å². The Balaban J connectivity index is 1.58. The summed E-state index contributed by atoms with van der Waals surface area (Å²) in [5.41, 5.74) is 1.83. The van der Waals surface area contributed by atoms with Gasteiger partial charge in [0, 0.05) is 12.0 Å². The zero-order valence-electron chi connectivity index (χ0n) is 16.8. The van der Waals surface area contributed by atoms with Gasteiger partial charge in [0.25, 0.3) is 5.56 Å². The van der Waals surface area contributed by atoms with E-state index in [1.807, 2.05) is 78.9 Å². The fraction of sp³-hybridized carbons (Fsp3) is 0.125. The van der Waals surface area contributed by atoms with Crippen LogP contribution in [0.4, 0.5) is 0 Å². The van der Waals surface area contributed by atoms with Gasteiger partial charge in [0.2, 0.25) is 11.8 Å². The molecule has 5 aromatic rings. The van der Waals surface area contributed by atoms with Crippen molar-refractivity contribution >= 4 is 21.6 Å². The van der Waals surface area contributed by atoms with E-state index in [1.165, 1.54) is 11.5 Å². The van der Waals surface area contributed by atoms with Crippen molar-refractivity contribution < 1.29 is 9.15 Å². The lowest BCUT2D eigenvalue weighted by atomic mass is 10.1. The Bertz CT molecular complexity index is 1370. The summed E-state index contributed by atoms with van der Waals surface area (Å²) in [6.07, 6.45) is 0.567. The van der Waals surface area contributed by atoms with Crippen LogP contribution in [0.15, 0.2) is 88.1 Å². The molecule has 5 rings (SSSR count). The van der Waals surface area contributed by atoms with Crippen LogP contribution in [0.5, 0.6) is 5.75 Å². The third-order valence-electron chi connectivity index (χ3n) is 5.13. The molecule has 0 N–H and O–H groups in total. The second-order valence-electron chi connectivity index (χ2n) is 7.10. The molecular weight excluding hydrogens is 410 g/mol. The molecule has 1 atom stereocenters. The molecule has 0 saturated heterocycles. The van der Waals surface area contributed by atoms with Gasteiger partial charge in [-0.25, -0.2) is 0 Å². The maximum atomic E-state index is 13.2. The van der Waals surface area contributed by atoms with Crippen molar-refractivity contribution in [3.8, 4) is 17.2 Å². The van der Waals surface area contributed by atoms with Crippen molar-refractivity contribution in [2.75, 3.05) is 7.11 Å². The Kier molecular flexibility index (Phi) is 5.09. The van der Waals surface area contributed by atoms with E-state index in [2.05, 4.69) is 10.2 Å². The number of ether oxygens (including phenoxy) is 1. The Morgan fingerprint density at radius 2 is 1.71 bits per heavy atom. The zero-order valence-corrected chi connectivity index (χ0v) is 17.6. The van der Waals surface area contributed by atoms with E-state index in [9.17, 15) is 4.79 Å². The van der Waals surface area contributed by atoms with Crippen LogP contribution < -0.4 is 10.3 Å². The molecule has 0 aliphatic heterocycles. The molecule has 0 amide bonds. The van der Waals surface area contributed by atoms with E-state index in [0.29, 0.717) is 23.6 Å². The number of benzene rings is 3. The summed E-state index contributed by atoms with van der Waals surface area (Å²) in [4.78, 5) is 13.2. The first-order chi connectivity index (χ1) is 15.2. The Labute approximate surface area is 182 Å². The summed E-state index contributed by atoms with van der Waals surface area (Å²) in [5, 5.41) is 9.26. The highest BCUT2D eigenvalue weighted by Gasteiger charge is 2.25. The monoisotopic (exact) mass is 429 g/mol. The lowest BCUT2D eigenvalue weighted by molar-refractivity contribution is 0.414. The van der Waals surface area contributed by atoms with Crippen LogP contribution in [-0.2, 0) is 6.42 Å². The first kappa shape index (κ1) is 19.3. The lowest BCUT2D eigenvalue weighted by Crippen LogP contribution is -2.22. The maximum Gasteiger partial charge on any atom is 0.269 e. The molecule has 154 valence electrons. The van der Waals surface area contributed by atoms with Crippen LogP contribution in [0, 0.1) is 0 Å². The minimum Gasteiger partial charge on any atom is -0.497 e. The summed E-state index contributed by atoms with van der Waals surface area (Å²) in [7, 11) is 1.62. The minimum absolute atomic E-state index is 0.0503. The Morgan fingerprint density at radius 1 is 0.968 bits per heavy atom. The second kappa shape index (κ2) is 8.20. The van der Waals surface area contributed by atoms with E-state index >= 15 is 0 Å². The molecule has 0 saturated carbocycles. The first-order valence-corrected chi connectivity index (χ1v) is 10.6. The van der Waals surface area contributed by atoms with Gasteiger partial charge in [0.15, 0.2) is 0 Å². The summed E-state index contributed by atoms with van der Waals surface area (Å²) in [5.74, 6) is 1.57. The van der Waals surface area contributed by atoms with Gasteiger partial charge in [-0.1, -0.05) is 54.0 Å². The van der Waals surface area contributed by atoms with Gasteiger partial charge in [-0.15, -0.1) is 10.2 Å². The molecule has 0 spiro atoms. The summed E-state index contributed by atoms with van der Waals surface area (Å²) in [6, 6.07) is 24.6. The van der Waals surface area contributed by atoms with Gasteiger partial charge in [0.1, 0.15) is 11.8 Å². The van der Waals surface area contributed by atoms with Gasteiger partial charge in [0.05, 0.1) is 17.2 Å². The predicted molar refractivity (Wildman–Crippen MR) is 121 cm³/mol. The van der Waals surface area contributed by atoms with Crippen molar-refractivity contribution in [1.82, 2.24) is 14.2 Å². The number of hydrogen-bond acceptors (Lipinski definition) is 6. The predicted octanol–water partition coefficient (Wildman–Crippen LogP) is 4.95. The molecule has 2 heterocycles. The van der Waals surface area contributed by atoms with Crippen molar-refractivity contribution in [3.63, 3.8) is 0 Å². The number of methoxy groups -OCH3 is 1. The van der Waals surface area contributed by atoms with Crippen LogP contribution in [-0.4, -0.2) is 21.3 Å². The van der Waals surface area contributed by atoms with E-state index in [4.69, 9.17) is 9.15 Å². The Hall–Kier alpha value is -3.71. The van der Waals surface area contributed by atoms with Crippen LogP contribution >= 0.6 is 11.5 Å². The average Bonchev–Trinajstić information content (AvgIpc) is 3.44. The van der Waals surface area contributed by atoms with E-state index in [1.54, 1.807) is 11.1 Å². The molecule has 3 aromatic carbocycles. The molecule has 6 nitrogen and oxygen atoms in total. The molecular formula is C24H19N3O3S. The lowest BCUT2D eigenvalue weighted by Gasteiger charge is -2.13. The molecule has 0 fully saturated rings. The molecule has 0 aliphatic rings. The van der Waals surface area contributed by atoms with Crippen molar-refractivity contribution in [2.45, 2.75) is 12.5 Å². The summed E-state index contributed by atoms with van der Waals surface area (Å²) in [6.45, 7) is 0. The molecule has 31 heavy (non-hydrogen) atoms. The third kappa shape index (κ3) is 3.75. The van der Waals surface area contributed by atoms with Gasteiger partial charge < -0.3 is 9.15 Å². The molecule has 0 unspecified atom stereocenters. The third-order valence-corrected chi connectivity index (χ3v) is 6.30. The number of nitrogens with zero attached hydrogens (tertiary/aromatic N) is 3. The number of rotatable bonds is 6. The molecule has 0 aliphatic carbocycles. The SMILES string of the molecule is COc1ccc(-c2nnc([C@H](Cc3ccccc3)n3sc4ccccc4c3=O)o2)cc1. The van der Waals surface area contributed by atoms with E-state index in [0.717, 1.165) is 21.6 Å². The van der Waals surface area contributed by atoms with Gasteiger partial charge >= 0.3 is 0 Å². The van der Waals surface area contributed by atoms with E-state index in [-0.39, 0.29) is 5.56 Å². The zero-order chi connectivity index (χ0) is 21.2. The van der Waals surface area contributed by atoms with Crippen molar-refractivity contribution in [3.05, 3.63) is 101 Å². The Morgan fingerprint density at radius 3 is 2.45 bits per heavy atom. The molecule has 0 radical (unpaired) electrons. The molecule has 0 bridgehead atoms. The second-order valence-corrected chi connectivity index (χ2v) is 8.11. The fourth-order valence-corrected chi connectivity index (χ4v) is 4.60. The largest absolute Gasteiger partial charge is 0.497 e. The van der Waals surface area contributed by atoms with Crippen LogP contribution in [0.3, 0.4) is 0 Å². The van der Waals surface area contributed by atoms with Crippen LogP contribution in [0.1, 0.15) is 17.5 Å². The van der Waals surface area contributed by atoms with Crippen LogP contribution in [0.25, 0.3) is 21.5 Å². The maximum absolute atomic E-state index is 13.2. The molecule has 7 heteroatoms. The van der Waals surface area contributed by atoms with Gasteiger partial charge in [-0.2, -0.15) is 0 Å². The molecule has 2 aromatic heterocycles. The van der Waals surface area contributed by atoms with Crippen molar-refractivity contribution in [2.24, 2.45) is 0 Å². The fourth-order valence-electron chi connectivity index (χ4n) is 3.52. The normalized spacial score (nSPS) is 12.2. The topological polar surface area (TPSA) is 70.2 Å². The van der Waals surface area contributed by atoms with Gasteiger partial charge in [-0.05, 0) is 42.0 Å². The average molecular weight is 430 g/mol. The number of aromatic nitrogens is 3. The minimum atomic E-state index is -0.396. The smallest absolute Gasteiger partial charge is 0.269 e. The quantitative estimate of drug-likeness (QED) is 0.382.